The van der Waals surface area contributed by atoms with Crippen LogP contribution < -0.4 is 0 Å². The van der Waals surface area contributed by atoms with E-state index in [4.69, 9.17) is 4.74 Å². The maximum Gasteiger partial charge on any atom is 0.106 e. The summed E-state index contributed by atoms with van der Waals surface area (Å²) in [5.41, 5.74) is 2.33. The minimum atomic E-state index is -0.546. The third-order valence-corrected chi connectivity index (χ3v) is 9.23. The van der Waals surface area contributed by atoms with Crippen LogP contribution in [0.25, 0.3) is 0 Å². The van der Waals surface area contributed by atoms with E-state index >= 15 is 0 Å². The minimum Gasteiger partial charge on any atom is -0.393 e. The average Bonchev–Trinajstić information content (AvgIpc) is 3.17. The summed E-state index contributed by atoms with van der Waals surface area (Å²) in [6.07, 6.45) is 14.5. The SMILES string of the molecule is C=C1CC[C@H](O)C/C1=C/C1OC12CCC[C@@]1(C)C2CC[C@@H]1[C@H](C)CCCC(C)(C)O. The molecule has 4 aliphatic rings. The van der Waals surface area contributed by atoms with E-state index in [9.17, 15) is 10.2 Å². The average molecular weight is 417 g/mol. The first-order valence-corrected chi connectivity index (χ1v) is 12.5. The van der Waals surface area contributed by atoms with Crippen LogP contribution in [0.3, 0.4) is 0 Å². The molecule has 2 N–H and O–H groups in total. The Kier molecular flexibility index (Phi) is 6.05. The number of ether oxygens (including phenoxy) is 1. The van der Waals surface area contributed by atoms with Crippen LogP contribution in [0.15, 0.2) is 23.8 Å². The molecule has 3 heteroatoms. The molecule has 30 heavy (non-hydrogen) atoms. The number of rotatable bonds is 6. The first-order valence-electron chi connectivity index (χ1n) is 12.5. The van der Waals surface area contributed by atoms with Crippen molar-refractivity contribution in [1.29, 1.82) is 0 Å². The Bertz CT molecular complexity index is 689. The zero-order valence-electron chi connectivity index (χ0n) is 19.8. The number of aliphatic hydroxyl groups excluding tert-OH is 1. The summed E-state index contributed by atoms with van der Waals surface area (Å²) in [6, 6.07) is 0. The van der Waals surface area contributed by atoms with Gasteiger partial charge in [0.1, 0.15) is 11.7 Å². The van der Waals surface area contributed by atoms with Crippen molar-refractivity contribution in [3.63, 3.8) is 0 Å². The fraction of sp³-hybridized carbons (Fsp3) is 0.852. The summed E-state index contributed by atoms with van der Waals surface area (Å²) in [5, 5.41) is 20.2. The molecule has 0 aromatic heterocycles. The van der Waals surface area contributed by atoms with Crippen molar-refractivity contribution in [2.45, 2.75) is 122 Å². The van der Waals surface area contributed by atoms with Crippen LogP contribution >= 0.6 is 0 Å². The Morgan fingerprint density at radius 3 is 2.77 bits per heavy atom. The van der Waals surface area contributed by atoms with Gasteiger partial charge in [0.05, 0.1) is 11.7 Å². The molecule has 0 aromatic rings. The third kappa shape index (κ3) is 4.19. The number of aliphatic hydroxyl groups is 2. The van der Waals surface area contributed by atoms with Crippen LogP contribution in [0.5, 0.6) is 0 Å². The maximum absolute atomic E-state index is 10.1. The van der Waals surface area contributed by atoms with Crippen molar-refractivity contribution in [3.05, 3.63) is 23.8 Å². The van der Waals surface area contributed by atoms with E-state index in [-0.39, 0.29) is 17.8 Å². The lowest BCUT2D eigenvalue weighted by Crippen LogP contribution is -2.44. The summed E-state index contributed by atoms with van der Waals surface area (Å²) >= 11 is 0. The summed E-state index contributed by atoms with van der Waals surface area (Å²) in [4.78, 5) is 0. The summed E-state index contributed by atoms with van der Waals surface area (Å²) in [6.45, 7) is 13.1. The van der Waals surface area contributed by atoms with Gasteiger partial charge in [-0.25, -0.2) is 0 Å². The highest BCUT2D eigenvalue weighted by atomic mass is 16.6. The van der Waals surface area contributed by atoms with Gasteiger partial charge in [-0.3, -0.25) is 0 Å². The second kappa shape index (κ2) is 8.05. The lowest BCUT2D eigenvalue weighted by Gasteiger charge is -2.46. The zero-order valence-corrected chi connectivity index (χ0v) is 19.8. The van der Waals surface area contributed by atoms with Crippen LogP contribution in [0, 0.1) is 23.2 Å². The minimum absolute atomic E-state index is 0.0459. The van der Waals surface area contributed by atoms with Gasteiger partial charge in [-0.1, -0.05) is 38.8 Å². The van der Waals surface area contributed by atoms with Crippen LogP contribution in [0.1, 0.15) is 98.3 Å². The second-order valence-electron chi connectivity index (χ2n) is 12.0. The van der Waals surface area contributed by atoms with Gasteiger partial charge in [-0.05, 0) is 106 Å². The number of epoxide rings is 1. The van der Waals surface area contributed by atoms with Gasteiger partial charge < -0.3 is 14.9 Å². The van der Waals surface area contributed by atoms with Gasteiger partial charge >= 0.3 is 0 Å². The van der Waals surface area contributed by atoms with Gasteiger partial charge in [-0.2, -0.15) is 0 Å². The lowest BCUT2D eigenvalue weighted by atomic mass is 9.58. The van der Waals surface area contributed by atoms with E-state index < -0.39 is 5.60 Å². The van der Waals surface area contributed by atoms with Crippen molar-refractivity contribution in [3.8, 4) is 0 Å². The van der Waals surface area contributed by atoms with Gasteiger partial charge in [-0.15, -0.1) is 0 Å². The van der Waals surface area contributed by atoms with Crippen molar-refractivity contribution in [2.24, 2.45) is 23.2 Å². The molecule has 0 bridgehead atoms. The van der Waals surface area contributed by atoms with Crippen LogP contribution in [-0.2, 0) is 4.74 Å². The van der Waals surface area contributed by atoms with Crippen LogP contribution in [0.4, 0.5) is 0 Å². The molecule has 4 fully saturated rings. The first-order chi connectivity index (χ1) is 14.1. The normalized spacial score (nSPS) is 43.8. The van der Waals surface area contributed by atoms with E-state index in [2.05, 4.69) is 26.5 Å². The quantitative estimate of drug-likeness (QED) is 0.526. The molecule has 0 amide bonds. The Hall–Kier alpha value is -0.640. The fourth-order valence-corrected chi connectivity index (χ4v) is 7.57. The van der Waals surface area contributed by atoms with Crippen molar-refractivity contribution in [2.75, 3.05) is 0 Å². The standard InChI is InChI=1S/C27H44O3/c1-18-9-10-21(28)16-20(18)17-24-27(30-24)15-7-14-26(5)22(11-12-23(26)27)19(2)8-6-13-25(3,4)29/h17,19,21-24,28-29H,1,6-16H2,2-5H3/b20-17-/t19-,21+,22-,23?,24?,26-,27?/m1/s1. The molecule has 1 heterocycles. The van der Waals surface area contributed by atoms with Crippen molar-refractivity contribution in [1.82, 2.24) is 0 Å². The van der Waals surface area contributed by atoms with E-state index in [1.165, 1.54) is 49.7 Å². The molecule has 7 atom stereocenters. The Balaban J connectivity index is 1.44. The molecule has 0 radical (unpaired) electrons. The predicted octanol–water partition coefficient (Wildman–Crippen LogP) is 5.95. The third-order valence-electron chi connectivity index (χ3n) is 9.23. The van der Waals surface area contributed by atoms with Crippen LogP contribution in [0.2, 0.25) is 0 Å². The molecular weight excluding hydrogens is 372 g/mol. The topological polar surface area (TPSA) is 53.0 Å². The van der Waals surface area contributed by atoms with Gasteiger partial charge in [0.15, 0.2) is 0 Å². The van der Waals surface area contributed by atoms with Crippen LogP contribution in [-0.4, -0.2) is 33.6 Å². The highest BCUT2D eigenvalue weighted by molar-refractivity contribution is 5.36. The smallest absolute Gasteiger partial charge is 0.106 e. The van der Waals surface area contributed by atoms with E-state index in [1.54, 1.807) is 0 Å². The predicted molar refractivity (Wildman–Crippen MR) is 122 cm³/mol. The fourth-order valence-electron chi connectivity index (χ4n) is 7.57. The molecule has 170 valence electrons. The molecule has 1 spiro atoms. The number of hydrogen-bond acceptors (Lipinski definition) is 3. The van der Waals surface area contributed by atoms with Crippen molar-refractivity contribution < 1.29 is 14.9 Å². The molecule has 3 saturated carbocycles. The molecule has 1 aliphatic heterocycles. The molecule has 3 unspecified atom stereocenters. The second-order valence-corrected chi connectivity index (χ2v) is 12.0. The molecule has 1 saturated heterocycles. The highest BCUT2D eigenvalue weighted by Gasteiger charge is 2.68. The van der Waals surface area contributed by atoms with Gasteiger partial charge in [0, 0.05) is 0 Å². The number of hydrogen-bond donors (Lipinski definition) is 2. The van der Waals surface area contributed by atoms with E-state index in [0.717, 1.165) is 38.0 Å². The van der Waals surface area contributed by atoms with Gasteiger partial charge in [0.25, 0.3) is 0 Å². The lowest BCUT2D eigenvalue weighted by molar-refractivity contribution is 0.00814. The van der Waals surface area contributed by atoms with E-state index in [0.29, 0.717) is 17.3 Å². The largest absolute Gasteiger partial charge is 0.393 e. The van der Waals surface area contributed by atoms with Crippen molar-refractivity contribution >= 4 is 0 Å². The summed E-state index contributed by atoms with van der Waals surface area (Å²) in [5.74, 6) is 2.14. The zero-order chi connectivity index (χ0) is 21.7. The maximum atomic E-state index is 10.1. The number of fused-ring (bicyclic) bond motifs is 2. The Labute approximate surface area is 184 Å². The van der Waals surface area contributed by atoms with Gasteiger partial charge in [0.2, 0.25) is 0 Å². The first kappa shape index (κ1) is 22.6. The van der Waals surface area contributed by atoms with E-state index in [1.807, 2.05) is 13.8 Å². The molecule has 4 rings (SSSR count). The summed E-state index contributed by atoms with van der Waals surface area (Å²) in [7, 11) is 0. The molecule has 3 aliphatic carbocycles. The molecule has 0 aromatic carbocycles. The summed E-state index contributed by atoms with van der Waals surface area (Å²) < 4.78 is 6.53. The Morgan fingerprint density at radius 1 is 1.27 bits per heavy atom. The molecular formula is C27H44O3. The molecule has 3 nitrogen and oxygen atoms in total. The monoisotopic (exact) mass is 416 g/mol. The Morgan fingerprint density at radius 2 is 2.03 bits per heavy atom. The highest BCUT2D eigenvalue weighted by Crippen LogP contribution is 2.67. The number of allylic oxidation sites excluding steroid dienone is 1.